The highest BCUT2D eigenvalue weighted by Crippen LogP contribution is 2.45. The second-order valence-electron chi connectivity index (χ2n) is 2.78. The van der Waals surface area contributed by atoms with Gasteiger partial charge in [0.2, 0.25) is 5.75 Å². The summed E-state index contributed by atoms with van der Waals surface area (Å²) in [6.45, 7) is 0. The van der Waals surface area contributed by atoms with E-state index in [0.717, 1.165) is 0 Å². The van der Waals surface area contributed by atoms with Gasteiger partial charge in [0.05, 0.1) is 31.9 Å². The third-order valence-electron chi connectivity index (χ3n) is 1.97. The first-order chi connectivity index (χ1) is 7.56. The van der Waals surface area contributed by atoms with Crippen molar-refractivity contribution in [1.82, 2.24) is 0 Å². The van der Waals surface area contributed by atoms with E-state index < -0.39 is 5.24 Å². The van der Waals surface area contributed by atoms with Gasteiger partial charge in [-0.2, -0.15) is 0 Å². The lowest BCUT2D eigenvalue weighted by Gasteiger charge is -2.15. The lowest BCUT2D eigenvalue weighted by molar-refractivity contribution is 0.107. The molecule has 0 radical (unpaired) electrons. The molecule has 0 atom stereocenters. The summed E-state index contributed by atoms with van der Waals surface area (Å²) in [7, 11) is 4.25. The maximum atomic E-state index is 11.2. The molecule has 4 nitrogen and oxygen atoms in total. The van der Waals surface area contributed by atoms with Gasteiger partial charge in [-0.3, -0.25) is 4.79 Å². The Kier molecular flexibility index (Phi) is 4.26. The Bertz CT molecular complexity index is 418. The highest BCUT2D eigenvalue weighted by molar-refractivity contribution is 6.68. The van der Waals surface area contributed by atoms with Crippen LogP contribution in [0.1, 0.15) is 10.4 Å². The van der Waals surface area contributed by atoms with Crippen molar-refractivity contribution in [3.05, 3.63) is 16.7 Å². The average Bonchev–Trinajstić information content (AvgIpc) is 2.27. The molecule has 0 saturated carbocycles. The van der Waals surface area contributed by atoms with Crippen molar-refractivity contribution in [3.8, 4) is 17.2 Å². The van der Waals surface area contributed by atoms with Gasteiger partial charge < -0.3 is 14.2 Å². The van der Waals surface area contributed by atoms with E-state index in [2.05, 4.69) is 0 Å². The van der Waals surface area contributed by atoms with E-state index in [1.165, 1.54) is 27.4 Å². The monoisotopic (exact) mass is 264 g/mol. The molecule has 0 fully saturated rings. The van der Waals surface area contributed by atoms with Crippen LogP contribution in [0.2, 0.25) is 5.02 Å². The van der Waals surface area contributed by atoms with Crippen LogP contribution in [0, 0.1) is 0 Å². The van der Waals surface area contributed by atoms with Crippen molar-refractivity contribution in [3.63, 3.8) is 0 Å². The standard InChI is InChI=1S/C10H10Cl2O4/c1-14-7-5(10(12)13)4-6(11)8(15-2)9(7)16-3/h4H,1-3H3. The molecular formula is C10H10Cl2O4. The van der Waals surface area contributed by atoms with Gasteiger partial charge in [0, 0.05) is 0 Å². The number of carbonyl (C=O) groups excluding carboxylic acids is 1. The average molecular weight is 265 g/mol. The molecular weight excluding hydrogens is 255 g/mol. The van der Waals surface area contributed by atoms with E-state index in [1.807, 2.05) is 0 Å². The van der Waals surface area contributed by atoms with Crippen molar-refractivity contribution in [2.45, 2.75) is 0 Å². The molecule has 6 heteroatoms. The van der Waals surface area contributed by atoms with Crippen molar-refractivity contribution in [1.29, 1.82) is 0 Å². The Labute approximate surface area is 103 Å². The zero-order valence-electron chi connectivity index (χ0n) is 8.97. The van der Waals surface area contributed by atoms with Crippen LogP contribution in [0.5, 0.6) is 17.2 Å². The number of methoxy groups -OCH3 is 3. The molecule has 0 aliphatic carbocycles. The van der Waals surface area contributed by atoms with Crippen molar-refractivity contribution in [2.24, 2.45) is 0 Å². The number of carbonyl (C=O) groups is 1. The summed E-state index contributed by atoms with van der Waals surface area (Å²) >= 11 is 11.3. The number of benzene rings is 1. The minimum Gasteiger partial charge on any atom is -0.492 e. The highest BCUT2D eigenvalue weighted by Gasteiger charge is 2.22. The number of hydrogen-bond acceptors (Lipinski definition) is 4. The largest absolute Gasteiger partial charge is 0.492 e. The molecule has 0 unspecified atom stereocenters. The van der Waals surface area contributed by atoms with E-state index in [-0.39, 0.29) is 22.1 Å². The fourth-order valence-electron chi connectivity index (χ4n) is 1.32. The van der Waals surface area contributed by atoms with Gasteiger partial charge in [-0.25, -0.2) is 0 Å². The first-order valence-electron chi connectivity index (χ1n) is 4.25. The van der Waals surface area contributed by atoms with E-state index in [1.54, 1.807) is 0 Å². The Balaban J connectivity index is 3.56. The minimum absolute atomic E-state index is 0.131. The van der Waals surface area contributed by atoms with Gasteiger partial charge in [-0.15, -0.1) is 0 Å². The maximum absolute atomic E-state index is 11.2. The smallest absolute Gasteiger partial charge is 0.256 e. The van der Waals surface area contributed by atoms with Crippen molar-refractivity contribution >= 4 is 28.4 Å². The first kappa shape index (κ1) is 12.9. The first-order valence-corrected chi connectivity index (χ1v) is 5.00. The summed E-state index contributed by atoms with van der Waals surface area (Å²) in [5.41, 5.74) is 0.131. The van der Waals surface area contributed by atoms with Crippen LogP contribution in [0.25, 0.3) is 0 Å². The summed E-state index contributed by atoms with van der Waals surface area (Å²) in [6, 6.07) is 1.37. The van der Waals surface area contributed by atoms with Crippen molar-refractivity contribution in [2.75, 3.05) is 21.3 Å². The Hall–Kier alpha value is -1.13. The summed E-state index contributed by atoms with van der Waals surface area (Å²) < 4.78 is 15.2. The van der Waals surface area contributed by atoms with E-state index in [0.29, 0.717) is 5.75 Å². The molecule has 1 rings (SSSR count). The van der Waals surface area contributed by atoms with Crippen LogP contribution in [-0.4, -0.2) is 26.6 Å². The lowest BCUT2D eigenvalue weighted by atomic mass is 10.2. The highest BCUT2D eigenvalue weighted by atomic mass is 35.5. The molecule has 88 valence electrons. The molecule has 0 heterocycles. The molecule has 0 aliphatic rings. The molecule has 0 saturated heterocycles. The van der Waals surface area contributed by atoms with Crippen molar-refractivity contribution < 1.29 is 19.0 Å². The van der Waals surface area contributed by atoms with Gasteiger partial charge in [0.25, 0.3) is 5.24 Å². The fourth-order valence-corrected chi connectivity index (χ4v) is 1.73. The predicted molar refractivity (Wildman–Crippen MR) is 61.3 cm³/mol. The Morgan fingerprint density at radius 2 is 1.56 bits per heavy atom. The number of hydrogen-bond donors (Lipinski definition) is 0. The molecule has 16 heavy (non-hydrogen) atoms. The Morgan fingerprint density at radius 1 is 1.06 bits per heavy atom. The summed E-state index contributed by atoms with van der Waals surface area (Å²) in [6.07, 6.45) is 0. The SMILES string of the molecule is COc1c(Cl)cc(C(=O)Cl)c(OC)c1OC. The van der Waals surface area contributed by atoms with Crippen LogP contribution >= 0.6 is 23.2 Å². The van der Waals surface area contributed by atoms with Gasteiger partial charge in [-0.05, 0) is 17.7 Å². The van der Waals surface area contributed by atoms with Gasteiger partial charge >= 0.3 is 0 Å². The second kappa shape index (κ2) is 5.27. The molecule has 0 N–H and O–H groups in total. The lowest BCUT2D eigenvalue weighted by Crippen LogP contribution is -2.01. The number of ether oxygens (including phenoxy) is 3. The number of rotatable bonds is 4. The molecule has 0 spiro atoms. The summed E-state index contributed by atoms with van der Waals surface area (Å²) in [5.74, 6) is 0.730. The number of halogens is 2. The van der Waals surface area contributed by atoms with Crippen LogP contribution in [0.4, 0.5) is 0 Å². The zero-order chi connectivity index (χ0) is 12.3. The van der Waals surface area contributed by atoms with E-state index >= 15 is 0 Å². The van der Waals surface area contributed by atoms with Gasteiger partial charge in [0.1, 0.15) is 0 Å². The van der Waals surface area contributed by atoms with Crippen LogP contribution in [-0.2, 0) is 0 Å². The molecule has 1 aromatic rings. The fraction of sp³-hybridized carbons (Fsp3) is 0.300. The van der Waals surface area contributed by atoms with Gasteiger partial charge in [-0.1, -0.05) is 11.6 Å². The molecule has 0 aliphatic heterocycles. The molecule has 1 aromatic carbocycles. The predicted octanol–water partition coefficient (Wildman–Crippen LogP) is 2.74. The zero-order valence-corrected chi connectivity index (χ0v) is 10.5. The molecule has 0 amide bonds. The third kappa shape index (κ3) is 2.18. The van der Waals surface area contributed by atoms with E-state index in [9.17, 15) is 4.79 Å². The molecule has 0 bridgehead atoms. The van der Waals surface area contributed by atoms with E-state index in [4.69, 9.17) is 37.4 Å². The maximum Gasteiger partial charge on any atom is 0.256 e. The van der Waals surface area contributed by atoms with Crippen LogP contribution in [0.3, 0.4) is 0 Å². The van der Waals surface area contributed by atoms with Crippen LogP contribution < -0.4 is 14.2 Å². The summed E-state index contributed by atoms with van der Waals surface area (Å²) in [5, 5.41) is -0.455. The molecule has 0 aromatic heterocycles. The third-order valence-corrected chi connectivity index (χ3v) is 2.45. The van der Waals surface area contributed by atoms with Gasteiger partial charge in [0.15, 0.2) is 11.5 Å². The normalized spacial score (nSPS) is 9.81. The Morgan fingerprint density at radius 3 is 1.94 bits per heavy atom. The second-order valence-corrected chi connectivity index (χ2v) is 3.53. The topological polar surface area (TPSA) is 44.8 Å². The quantitative estimate of drug-likeness (QED) is 0.785. The van der Waals surface area contributed by atoms with Crippen LogP contribution in [0.15, 0.2) is 6.07 Å². The summed E-state index contributed by atoms with van der Waals surface area (Å²) in [4.78, 5) is 11.2. The minimum atomic E-state index is -0.681.